The molecule has 28 heavy (non-hydrogen) atoms. The third kappa shape index (κ3) is 4.30. The number of para-hydroxylation sites is 1. The van der Waals surface area contributed by atoms with Crippen molar-refractivity contribution in [2.75, 3.05) is 0 Å². The molecule has 0 aliphatic heterocycles. The lowest BCUT2D eigenvalue weighted by Crippen LogP contribution is -2.25. The highest BCUT2D eigenvalue weighted by molar-refractivity contribution is 6.32. The maximum atomic E-state index is 13.2. The fourth-order valence-corrected chi connectivity index (χ4v) is 3.48. The van der Waals surface area contributed by atoms with Crippen molar-refractivity contribution in [3.8, 4) is 5.69 Å². The van der Waals surface area contributed by atoms with E-state index in [2.05, 4.69) is 33.0 Å². The van der Waals surface area contributed by atoms with Crippen LogP contribution in [0.3, 0.4) is 0 Å². The number of amides is 1. The summed E-state index contributed by atoms with van der Waals surface area (Å²) in [5.41, 5.74) is 3.06. The van der Waals surface area contributed by atoms with Gasteiger partial charge in [0.15, 0.2) is 0 Å². The first-order valence-corrected chi connectivity index (χ1v) is 9.93. The number of aromatic nitrogens is 2. The number of benzene rings is 1. The Morgan fingerprint density at radius 3 is 2.54 bits per heavy atom. The van der Waals surface area contributed by atoms with Crippen molar-refractivity contribution in [3.05, 3.63) is 70.4 Å². The van der Waals surface area contributed by atoms with Crippen molar-refractivity contribution in [1.29, 1.82) is 0 Å². The minimum Gasteiger partial charge on any atom is -0.467 e. The highest BCUT2D eigenvalue weighted by Gasteiger charge is 2.27. The van der Waals surface area contributed by atoms with Gasteiger partial charge in [-0.15, -0.1) is 0 Å². The second kappa shape index (κ2) is 8.65. The molecule has 3 rings (SSSR count). The molecule has 148 valence electrons. The molecule has 2 aromatic heterocycles. The van der Waals surface area contributed by atoms with E-state index >= 15 is 0 Å². The first-order chi connectivity index (χ1) is 13.4. The zero-order valence-electron chi connectivity index (χ0n) is 16.7. The van der Waals surface area contributed by atoms with E-state index < -0.39 is 0 Å². The molecule has 1 N–H and O–H groups in total. The largest absolute Gasteiger partial charge is 0.467 e. The summed E-state index contributed by atoms with van der Waals surface area (Å²) in [6.45, 7) is 8.70. The number of nitrogens with one attached hydrogen (secondary N) is 1. The molecule has 1 amide bonds. The molecule has 0 aliphatic rings. The number of hydrogen-bond donors (Lipinski definition) is 1. The molecule has 0 aliphatic carbocycles. The summed E-state index contributed by atoms with van der Waals surface area (Å²) in [5, 5.41) is 8.39. The lowest BCUT2D eigenvalue weighted by Gasteiger charge is -2.14. The quantitative estimate of drug-likeness (QED) is 0.580. The van der Waals surface area contributed by atoms with Crippen LogP contribution in [0, 0.1) is 5.92 Å². The minimum atomic E-state index is -0.144. The zero-order chi connectivity index (χ0) is 20.3. The van der Waals surface area contributed by atoms with E-state index in [4.69, 9.17) is 21.1 Å². The highest BCUT2D eigenvalue weighted by Crippen LogP contribution is 2.30. The Balaban J connectivity index is 2.07. The topological polar surface area (TPSA) is 60.1 Å². The summed E-state index contributed by atoms with van der Waals surface area (Å²) in [4.78, 5) is 13.2. The van der Waals surface area contributed by atoms with Gasteiger partial charge in [0.2, 0.25) is 0 Å². The fraction of sp³-hybridized carbons (Fsp3) is 0.364. The van der Waals surface area contributed by atoms with Gasteiger partial charge in [-0.3, -0.25) is 4.79 Å². The van der Waals surface area contributed by atoms with E-state index in [0.717, 1.165) is 17.1 Å². The lowest BCUT2D eigenvalue weighted by molar-refractivity contribution is 0.0945. The standard InChI is InChI=1S/C22H26ClN3O2/c1-14(2)12-18-20(22(27)24-13-16-8-7-11-28-16)21(15(3)4)26(25-18)19-10-6-5-9-17(19)23/h5-11,14-15H,12-13H2,1-4H3,(H,24,27). The minimum absolute atomic E-state index is 0.0917. The highest BCUT2D eigenvalue weighted by atomic mass is 35.5. The van der Waals surface area contributed by atoms with Crippen molar-refractivity contribution < 1.29 is 9.21 Å². The zero-order valence-corrected chi connectivity index (χ0v) is 17.5. The average molecular weight is 400 g/mol. The number of rotatable bonds is 7. The van der Waals surface area contributed by atoms with Crippen molar-refractivity contribution >= 4 is 17.5 Å². The third-order valence-electron chi connectivity index (χ3n) is 4.45. The Kier molecular flexibility index (Phi) is 6.25. The second-order valence-electron chi connectivity index (χ2n) is 7.58. The van der Waals surface area contributed by atoms with Crippen LogP contribution in [-0.4, -0.2) is 15.7 Å². The van der Waals surface area contributed by atoms with E-state index in [1.54, 1.807) is 12.3 Å². The summed E-state index contributed by atoms with van der Waals surface area (Å²) in [7, 11) is 0. The van der Waals surface area contributed by atoms with Crippen molar-refractivity contribution in [2.24, 2.45) is 5.92 Å². The molecule has 1 aromatic carbocycles. The monoisotopic (exact) mass is 399 g/mol. The lowest BCUT2D eigenvalue weighted by atomic mass is 9.98. The van der Waals surface area contributed by atoms with Crippen molar-refractivity contribution in [1.82, 2.24) is 15.1 Å². The van der Waals surface area contributed by atoms with Gasteiger partial charge in [0, 0.05) is 0 Å². The third-order valence-corrected chi connectivity index (χ3v) is 4.77. The summed E-state index contributed by atoms with van der Waals surface area (Å²) in [5.74, 6) is 1.03. The summed E-state index contributed by atoms with van der Waals surface area (Å²) in [6.07, 6.45) is 2.31. The molecule has 2 heterocycles. The molecule has 0 radical (unpaired) electrons. The fourth-order valence-electron chi connectivity index (χ4n) is 3.26. The van der Waals surface area contributed by atoms with Crippen LogP contribution in [0.2, 0.25) is 5.02 Å². The van der Waals surface area contributed by atoms with Crippen LogP contribution >= 0.6 is 11.6 Å². The van der Waals surface area contributed by atoms with Gasteiger partial charge in [-0.25, -0.2) is 4.68 Å². The van der Waals surface area contributed by atoms with E-state index in [0.29, 0.717) is 35.2 Å². The molecule has 3 aromatic rings. The Labute approximate surface area is 170 Å². The van der Waals surface area contributed by atoms with Crippen molar-refractivity contribution in [3.63, 3.8) is 0 Å². The Bertz CT molecular complexity index is 943. The summed E-state index contributed by atoms with van der Waals surface area (Å²) in [6, 6.07) is 11.2. The smallest absolute Gasteiger partial charge is 0.255 e. The maximum Gasteiger partial charge on any atom is 0.255 e. The Hall–Kier alpha value is -2.53. The number of carbonyl (C=O) groups excluding carboxylic acids is 1. The van der Waals surface area contributed by atoms with Gasteiger partial charge >= 0.3 is 0 Å². The number of halogens is 1. The Morgan fingerprint density at radius 1 is 1.18 bits per heavy atom. The van der Waals surface area contributed by atoms with Gasteiger partial charge in [0.25, 0.3) is 5.91 Å². The van der Waals surface area contributed by atoms with Gasteiger partial charge in [-0.2, -0.15) is 5.10 Å². The SMILES string of the molecule is CC(C)Cc1nn(-c2ccccc2Cl)c(C(C)C)c1C(=O)NCc1ccco1. The van der Waals surface area contributed by atoms with Gasteiger partial charge in [-0.1, -0.05) is 51.4 Å². The molecule has 0 saturated heterocycles. The van der Waals surface area contributed by atoms with Crippen LogP contribution in [0.5, 0.6) is 0 Å². The van der Waals surface area contributed by atoms with Crippen LogP contribution in [0.1, 0.15) is 61.1 Å². The summed E-state index contributed by atoms with van der Waals surface area (Å²) >= 11 is 6.44. The van der Waals surface area contributed by atoms with Crippen LogP contribution in [0.15, 0.2) is 47.1 Å². The molecule has 0 fully saturated rings. The number of furan rings is 1. The van der Waals surface area contributed by atoms with Gasteiger partial charge < -0.3 is 9.73 Å². The molecule has 0 unspecified atom stereocenters. The normalized spacial score (nSPS) is 11.4. The summed E-state index contributed by atoms with van der Waals surface area (Å²) < 4.78 is 7.16. The molecule has 0 atom stereocenters. The average Bonchev–Trinajstić information content (AvgIpc) is 3.27. The van der Waals surface area contributed by atoms with E-state index in [1.165, 1.54) is 0 Å². The van der Waals surface area contributed by atoms with E-state index in [-0.39, 0.29) is 11.8 Å². The molecular weight excluding hydrogens is 374 g/mol. The molecule has 0 spiro atoms. The maximum absolute atomic E-state index is 13.2. The molecule has 0 saturated carbocycles. The van der Waals surface area contributed by atoms with Gasteiger partial charge in [0.05, 0.1) is 40.5 Å². The van der Waals surface area contributed by atoms with Crippen LogP contribution < -0.4 is 5.32 Å². The Morgan fingerprint density at radius 2 is 1.93 bits per heavy atom. The molecule has 5 nitrogen and oxygen atoms in total. The first kappa shape index (κ1) is 20.2. The molecular formula is C22H26ClN3O2. The number of nitrogens with zero attached hydrogens (tertiary/aromatic N) is 2. The second-order valence-corrected chi connectivity index (χ2v) is 7.99. The molecule has 6 heteroatoms. The van der Waals surface area contributed by atoms with E-state index in [1.807, 2.05) is 35.0 Å². The predicted molar refractivity (Wildman–Crippen MR) is 111 cm³/mol. The first-order valence-electron chi connectivity index (χ1n) is 9.55. The van der Waals surface area contributed by atoms with Gasteiger partial charge in [0.1, 0.15) is 5.76 Å². The van der Waals surface area contributed by atoms with Crippen LogP contribution in [-0.2, 0) is 13.0 Å². The van der Waals surface area contributed by atoms with Crippen LogP contribution in [0.25, 0.3) is 5.69 Å². The van der Waals surface area contributed by atoms with Crippen molar-refractivity contribution in [2.45, 2.75) is 46.6 Å². The predicted octanol–water partition coefficient (Wildman–Crippen LogP) is 5.37. The number of carbonyl (C=O) groups is 1. The van der Waals surface area contributed by atoms with E-state index in [9.17, 15) is 4.79 Å². The number of hydrogen-bond acceptors (Lipinski definition) is 3. The molecule has 0 bridgehead atoms. The van der Waals surface area contributed by atoms with Crippen LogP contribution in [0.4, 0.5) is 0 Å². The van der Waals surface area contributed by atoms with Gasteiger partial charge in [-0.05, 0) is 42.5 Å².